The lowest BCUT2D eigenvalue weighted by Crippen LogP contribution is -2.08. The molecule has 1 rings (SSSR count). The molecule has 0 bridgehead atoms. The molecule has 0 atom stereocenters. The molecule has 4 nitrogen and oxygen atoms in total. The van der Waals surface area contributed by atoms with Gasteiger partial charge in [-0.2, -0.15) is 0 Å². The third-order valence-electron chi connectivity index (χ3n) is 2.63. The van der Waals surface area contributed by atoms with E-state index in [1.165, 1.54) is 0 Å². The predicted octanol–water partition coefficient (Wildman–Crippen LogP) is 2.71. The smallest absolute Gasteiger partial charge is 0.166 e. The van der Waals surface area contributed by atoms with Crippen molar-refractivity contribution in [2.24, 2.45) is 0 Å². The maximum absolute atomic E-state index is 11.7. The Bertz CT molecular complexity index is 376. The maximum Gasteiger partial charge on any atom is 0.166 e. The van der Waals surface area contributed by atoms with E-state index in [1.807, 2.05) is 25.1 Å². The van der Waals surface area contributed by atoms with Crippen molar-refractivity contribution in [2.45, 2.75) is 19.8 Å². The fourth-order valence-electron chi connectivity index (χ4n) is 1.60. The third kappa shape index (κ3) is 5.85. The highest BCUT2D eigenvalue weighted by atomic mass is 16.5. The largest absolute Gasteiger partial charge is 0.493 e. The lowest BCUT2D eigenvalue weighted by molar-refractivity contribution is 0.0643. The molecule has 106 valence electrons. The molecule has 0 aliphatic rings. The summed E-state index contributed by atoms with van der Waals surface area (Å²) < 4.78 is 15.9. The van der Waals surface area contributed by atoms with Crippen LogP contribution in [-0.2, 0) is 9.47 Å². The number of ether oxygens (including phenoxy) is 3. The molecule has 0 saturated carbocycles. The number of hydrogen-bond acceptors (Lipinski definition) is 4. The Labute approximate surface area is 114 Å². The second-order valence-corrected chi connectivity index (χ2v) is 4.08. The van der Waals surface area contributed by atoms with Crippen LogP contribution in [0, 0.1) is 0 Å². The summed E-state index contributed by atoms with van der Waals surface area (Å²) in [7, 11) is 1.65. The summed E-state index contributed by atoms with van der Waals surface area (Å²) in [4.78, 5) is 11.7. The van der Waals surface area contributed by atoms with Gasteiger partial charge in [0.25, 0.3) is 0 Å². The number of hydrogen-bond donors (Lipinski definition) is 0. The Balaban J connectivity index is 2.31. The molecule has 1 aromatic rings. The van der Waals surface area contributed by atoms with Crippen molar-refractivity contribution in [3.63, 3.8) is 0 Å². The van der Waals surface area contributed by atoms with Crippen LogP contribution in [0.1, 0.15) is 30.1 Å². The highest BCUT2D eigenvalue weighted by Gasteiger charge is 2.09. The number of carbonyl (C=O) groups is 1. The van der Waals surface area contributed by atoms with Gasteiger partial charge in [0.1, 0.15) is 5.75 Å². The van der Waals surface area contributed by atoms with Gasteiger partial charge < -0.3 is 14.2 Å². The second kappa shape index (κ2) is 9.53. The molecule has 0 N–H and O–H groups in total. The molecule has 0 heterocycles. The van der Waals surface area contributed by atoms with Gasteiger partial charge in [-0.3, -0.25) is 4.79 Å². The number of Topliss-reactive ketones (excluding diaryl/α,β-unsaturated/α-hetero) is 1. The van der Waals surface area contributed by atoms with Gasteiger partial charge in [0.15, 0.2) is 5.78 Å². The van der Waals surface area contributed by atoms with Gasteiger partial charge >= 0.3 is 0 Å². The zero-order valence-electron chi connectivity index (χ0n) is 11.7. The first-order chi connectivity index (χ1) is 9.29. The van der Waals surface area contributed by atoms with Gasteiger partial charge in [0.2, 0.25) is 0 Å². The Kier molecular flexibility index (Phi) is 7.86. The average molecular weight is 266 g/mol. The first kappa shape index (κ1) is 15.7. The van der Waals surface area contributed by atoms with Crippen molar-refractivity contribution >= 4 is 5.78 Å². The maximum atomic E-state index is 11.7. The van der Waals surface area contributed by atoms with E-state index in [9.17, 15) is 4.79 Å². The summed E-state index contributed by atoms with van der Waals surface area (Å²) in [6, 6.07) is 7.35. The fraction of sp³-hybridized carbons (Fsp3) is 0.533. The molecule has 19 heavy (non-hydrogen) atoms. The fourth-order valence-corrected chi connectivity index (χ4v) is 1.60. The van der Waals surface area contributed by atoms with Crippen molar-refractivity contribution in [1.29, 1.82) is 0 Å². The first-order valence-electron chi connectivity index (χ1n) is 6.61. The van der Waals surface area contributed by atoms with Crippen LogP contribution in [0.5, 0.6) is 5.75 Å². The van der Waals surface area contributed by atoms with E-state index in [-0.39, 0.29) is 5.78 Å². The third-order valence-corrected chi connectivity index (χ3v) is 2.63. The van der Waals surface area contributed by atoms with Crippen molar-refractivity contribution in [3.05, 3.63) is 29.8 Å². The summed E-state index contributed by atoms with van der Waals surface area (Å²) in [5.41, 5.74) is 0.658. The van der Waals surface area contributed by atoms with Crippen LogP contribution < -0.4 is 4.74 Å². The van der Waals surface area contributed by atoms with Gasteiger partial charge in [0.05, 0.1) is 25.4 Å². The van der Waals surface area contributed by atoms with E-state index < -0.39 is 0 Å². The van der Waals surface area contributed by atoms with Crippen LogP contribution in [-0.4, -0.2) is 39.3 Å². The van der Waals surface area contributed by atoms with Crippen LogP contribution >= 0.6 is 0 Å². The molecule has 1 aromatic carbocycles. The molecule has 0 fully saturated rings. The Morgan fingerprint density at radius 3 is 2.63 bits per heavy atom. The molecule has 0 aliphatic carbocycles. The van der Waals surface area contributed by atoms with Crippen molar-refractivity contribution in [3.8, 4) is 5.75 Å². The SMILES string of the molecule is CCC(=O)c1ccccc1OCCCOCCOC. The van der Waals surface area contributed by atoms with E-state index in [2.05, 4.69) is 0 Å². The minimum atomic E-state index is 0.104. The minimum absolute atomic E-state index is 0.104. The molecule has 0 radical (unpaired) electrons. The first-order valence-corrected chi connectivity index (χ1v) is 6.61. The lowest BCUT2D eigenvalue weighted by Gasteiger charge is -2.10. The van der Waals surface area contributed by atoms with Crippen molar-refractivity contribution in [2.75, 3.05) is 33.5 Å². The van der Waals surface area contributed by atoms with Crippen LogP contribution in [0.25, 0.3) is 0 Å². The normalized spacial score (nSPS) is 10.4. The van der Waals surface area contributed by atoms with Crippen LogP contribution in [0.4, 0.5) is 0 Å². The van der Waals surface area contributed by atoms with Crippen LogP contribution in [0.2, 0.25) is 0 Å². The molecular formula is C15H22O4. The molecular weight excluding hydrogens is 244 g/mol. The second-order valence-electron chi connectivity index (χ2n) is 4.08. The van der Waals surface area contributed by atoms with Gasteiger partial charge in [-0.15, -0.1) is 0 Å². The number of para-hydroxylation sites is 1. The van der Waals surface area contributed by atoms with E-state index in [0.29, 0.717) is 44.2 Å². The number of ketones is 1. The Morgan fingerprint density at radius 1 is 1.11 bits per heavy atom. The lowest BCUT2D eigenvalue weighted by atomic mass is 10.1. The molecule has 4 heteroatoms. The number of methoxy groups -OCH3 is 1. The standard InChI is InChI=1S/C15H22O4/c1-3-14(16)13-7-4-5-8-15(13)19-10-6-9-18-12-11-17-2/h4-5,7-8H,3,6,9-12H2,1-2H3. The van der Waals surface area contributed by atoms with Crippen LogP contribution in [0.3, 0.4) is 0 Å². The monoisotopic (exact) mass is 266 g/mol. The van der Waals surface area contributed by atoms with E-state index in [1.54, 1.807) is 13.2 Å². The Hall–Kier alpha value is -1.39. The summed E-state index contributed by atoms with van der Waals surface area (Å²) in [6.45, 7) is 4.23. The Morgan fingerprint density at radius 2 is 1.89 bits per heavy atom. The van der Waals surface area contributed by atoms with Gasteiger partial charge in [-0.1, -0.05) is 19.1 Å². The van der Waals surface area contributed by atoms with E-state index in [4.69, 9.17) is 14.2 Å². The summed E-state index contributed by atoms with van der Waals surface area (Å²) in [6.07, 6.45) is 1.28. The summed E-state index contributed by atoms with van der Waals surface area (Å²) >= 11 is 0. The molecule has 0 saturated heterocycles. The number of carbonyl (C=O) groups excluding carboxylic acids is 1. The molecule has 0 spiro atoms. The van der Waals surface area contributed by atoms with Crippen molar-refractivity contribution in [1.82, 2.24) is 0 Å². The van der Waals surface area contributed by atoms with E-state index >= 15 is 0 Å². The highest BCUT2D eigenvalue weighted by Crippen LogP contribution is 2.19. The summed E-state index contributed by atoms with van der Waals surface area (Å²) in [5, 5.41) is 0. The van der Waals surface area contributed by atoms with Gasteiger partial charge in [-0.25, -0.2) is 0 Å². The average Bonchev–Trinajstić information content (AvgIpc) is 2.46. The zero-order valence-corrected chi connectivity index (χ0v) is 11.7. The topological polar surface area (TPSA) is 44.8 Å². The van der Waals surface area contributed by atoms with Crippen molar-refractivity contribution < 1.29 is 19.0 Å². The molecule has 0 unspecified atom stereocenters. The highest BCUT2D eigenvalue weighted by molar-refractivity contribution is 5.98. The minimum Gasteiger partial charge on any atom is -0.493 e. The summed E-state index contributed by atoms with van der Waals surface area (Å²) in [5.74, 6) is 0.762. The van der Waals surface area contributed by atoms with E-state index in [0.717, 1.165) is 6.42 Å². The number of benzene rings is 1. The molecule has 0 aromatic heterocycles. The predicted molar refractivity (Wildman–Crippen MR) is 73.9 cm³/mol. The number of rotatable bonds is 10. The van der Waals surface area contributed by atoms with Crippen LogP contribution in [0.15, 0.2) is 24.3 Å². The van der Waals surface area contributed by atoms with Gasteiger partial charge in [-0.05, 0) is 12.1 Å². The molecule has 0 aliphatic heterocycles. The molecule has 0 amide bonds. The van der Waals surface area contributed by atoms with Gasteiger partial charge in [0, 0.05) is 26.6 Å². The quantitative estimate of drug-likeness (QED) is 0.482. The zero-order chi connectivity index (χ0) is 13.9.